The van der Waals surface area contributed by atoms with Crippen molar-refractivity contribution in [1.29, 1.82) is 0 Å². The molecule has 0 saturated heterocycles. The van der Waals surface area contributed by atoms with Crippen LogP contribution in [-0.4, -0.2) is 53.7 Å². The lowest BCUT2D eigenvalue weighted by Crippen LogP contribution is -2.47. The molecular formula is C26H28N4O6S. The van der Waals surface area contributed by atoms with E-state index in [1.165, 1.54) is 25.3 Å². The van der Waals surface area contributed by atoms with Crippen LogP contribution in [0, 0.1) is 10.1 Å². The highest BCUT2D eigenvalue weighted by Crippen LogP contribution is 2.32. The van der Waals surface area contributed by atoms with Crippen LogP contribution in [0.2, 0.25) is 0 Å². The number of hydrogen-bond donors (Lipinski definition) is 2. The lowest BCUT2D eigenvalue weighted by molar-refractivity contribution is -0.384. The molecule has 1 aliphatic heterocycles. The van der Waals surface area contributed by atoms with Crippen LogP contribution in [0.15, 0.2) is 65.9 Å². The van der Waals surface area contributed by atoms with Crippen molar-refractivity contribution in [3.05, 3.63) is 87.1 Å². The maximum atomic E-state index is 12.9. The van der Waals surface area contributed by atoms with E-state index in [0.29, 0.717) is 40.8 Å². The van der Waals surface area contributed by atoms with Crippen molar-refractivity contribution in [2.24, 2.45) is 0 Å². The van der Waals surface area contributed by atoms with Gasteiger partial charge < -0.3 is 25.0 Å². The van der Waals surface area contributed by atoms with E-state index in [-0.39, 0.29) is 18.2 Å². The Morgan fingerprint density at radius 3 is 2.43 bits per heavy atom. The first-order chi connectivity index (χ1) is 17.7. The summed E-state index contributed by atoms with van der Waals surface area (Å²) in [5.74, 6) is -0.818. The Labute approximate surface area is 220 Å². The summed E-state index contributed by atoms with van der Waals surface area (Å²) < 4.78 is 10.4. The second-order valence-corrected chi connectivity index (χ2v) is 8.43. The summed E-state index contributed by atoms with van der Waals surface area (Å²) in [6, 6.07) is 12.4. The molecule has 1 unspecified atom stereocenters. The van der Waals surface area contributed by atoms with Crippen molar-refractivity contribution in [2.75, 3.05) is 32.2 Å². The second-order valence-electron chi connectivity index (χ2n) is 8.05. The number of non-ortho nitro benzene ring substituents is 1. The van der Waals surface area contributed by atoms with Gasteiger partial charge in [-0.05, 0) is 67.5 Å². The Morgan fingerprint density at radius 2 is 1.84 bits per heavy atom. The lowest BCUT2D eigenvalue weighted by atomic mass is 9.95. The van der Waals surface area contributed by atoms with Crippen molar-refractivity contribution >= 4 is 46.7 Å². The highest BCUT2D eigenvalue weighted by atomic mass is 32.1. The highest BCUT2D eigenvalue weighted by Gasteiger charge is 2.34. The first-order valence-corrected chi connectivity index (χ1v) is 11.9. The number of nitro groups is 1. The fourth-order valence-corrected chi connectivity index (χ4v) is 4.18. The van der Waals surface area contributed by atoms with E-state index in [0.717, 1.165) is 5.56 Å². The van der Waals surface area contributed by atoms with E-state index in [9.17, 15) is 19.7 Å². The number of hydrogen-bond acceptors (Lipinski definition) is 7. The van der Waals surface area contributed by atoms with E-state index in [4.69, 9.17) is 21.7 Å². The molecule has 3 rings (SSSR count). The molecule has 2 aromatic rings. The van der Waals surface area contributed by atoms with Crippen LogP contribution < -0.4 is 10.6 Å². The van der Waals surface area contributed by atoms with Crippen molar-refractivity contribution in [2.45, 2.75) is 19.9 Å². The zero-order valence-electron chi connectivity index (χ0n) is 20.7. The van der Waals surface area contributed by atoms with Gasteiger partial charge in [-0.2, -0.15) is 0 Å². The molecule has 0 aliphatic carbocycles. The van der Waals surface area contributed by atoms with Crippen LogP contribution in [0.4, 0.5) is 11.4 Å². The average molecular weight is 525 g/mol. The third-order valence-corrected chi connectivity index (χ3v) is 6.03. The van der Waals surface area contributed by atoms with Gasteiger partial charge in [0.15, 0.2) is 5.11 Å². The zero-order valence-corrected chi connectivity index (χ0v) is 21.5. The van der Waals surface area contributed by atoms with Crippen LogP contribution in [0.25, 0.3) is 6.08 Å². The molecule has 1 heterocycles. The number of ether oxygens (including phenoxy) is 2. The number of thiocarbonyl (C=S) groups is 1. The first kappa shape index (κ1) is 27.5. The number of anilines is 1. The van der Waals surface area contributed by atoms with Gasteiger partial charge in [0, 0.05) is 43.2 Å². The number of carbonyl (C=O) groups is 2. The molecule has 2 aromatic carbocycles. The van der Waals surface area contributed by atoms with Crippen LogP contribution >= 0.6 is 12.2 Å². The third kappa shape index (κ3) is 6.99. The number of rotatable bonds is 10. The Balaban J connectivity index is 1.73. The molecule has 1 amide bonds. The topological polar surface area (TPSA) is 123 Å². The number of nitrogens with zero attached hydrogens (tertiary/aromatic N) is 2. The summed E-state index contributed by atoms with van der Waals surface area (Å²) >= 11 is 5.51. The molecular weight excluding hydrogens is 496 g/mol. The van der Waals surface area contributed by atoms with Gasteiger partial charge in [0.1, 0.15) is 6.61 Å². The summed E-state index contributed by atoms with van der Waals surface area (Å²) in [7, 11) is 1.53. The number of esters is 1. The molecule has 0 aromatic heterocycles. The van der Waals surface area contributed by atoms with E-state index in [1.807, 2.05) is 18.7 Å². The molecule has 0 radical (unpaired) electrons. The predicted octanol–water partition coefficient (Wildman–Crippen LogP) is 3.96. The number of benzene rings is 2. The first-order valence-electron chi connectivity index (χ1n) is 11.5. The molecule has 1 atom stereocenters. The van der Waals surface area contributed by atoms with E-state index in [2.05, 4.69) is 10.6 Å². The van der Waals surface area contributed by atoms with E-state index < -0.39 is 16.9 Å². The number of allylic oxidation sites excluding steroid dienone is 1. The fourth-order valence-electron chi connectivity index (χ4n) is 3.79. The van der Waals surface area contributed by atoms with Crippen LogP contribution in [0.5, 0.6) is 0 Å². The second kappa shape index (κ2) is 12.7. The molecule has 10 nitrogen and oxygen atoms in total. The molecule has 0 bridgehead atoms. The Hall–Kier alpha value is -4.09. The maximum Gasteiger partial charge on any atom is 0.338 e. The van der Waals surface area contributed by atoms with Gasteiger partial charge in [0.05, 0.1) is 23.1 Å². The number of carbonyl (C=O) groups excluding carboxylic acids is 2. The van der Waals surface area contributed by atoms with Gasteiger partial charge in [-0.15, -0.1) is 0 Å². The van der Waals surface area contributed by atoms with Crippen LogP contribution in [0.1, 0.15) is 31.0 Å². The predicted molar refractivity (Wildman–Crippen MR) is 144 cm³/mol. The third-order valence-electron chi connectivity index (χ3n) is 5.70. The summed E-state index contributed by atoms with van der Waals surface area (Å²) in [6.45, 7) is 4.80. The monoisotopic (exact) mass is 524 g/mol. The smallest absolute Gasteiger partial charge is 0.338 e. The van der Waals surface area contributed by atoms with Crippen LogP contribution in [-0.2, 0) is 19.1 Å². The maximum absolute atomic E-state index is 12.9. The number of nitro benzene ring substituents is 1. The minimum Gasteiger partial charge on any atom is -0.460 e. The Morgan fingerprint density at radius 1 is 1.16 bits per heavy atom. The summed E-state index contributed by atoms with van der Waals surface area (Å²) in [5.41, 5.74) is 3.13. The number of amides is 1. The van der Waals surface area contributed by atoms with Crippen molar-refractivity contribution in [3.8, 4) is 0 Å². The van der Waals surface area contributed by atoms with Crippen molar-refractivity contribution in [1.82, 2.24) is 10.2 Å². The van der Waals surface area contributed by atoms with Gasteiger partial charge in [0.2, 0.25) is 5.91 Å². The minimum atomic E-state index is -0.517. The molecule has 37 heavy (non-hydrogen) atoms. The highest BCUT2D eigenvalue weighted by molar-refractivity contribution is 7.80. The van der Waals surface area contributed by atoms with Gasteiger partial charge >= 0.3 is 5.97 Å². The molecule has 194 valence electrons. The van der Waals surface area contributed by atoms with E-state index in [1.54, 1.807) is 42.5 Å². The molecule has 2 N–H and O–H groups in total. The largest absolute Gasteiger partial charge is 0.460 e. The SMILES string of the molecule is CCN1C(=S)NC(c2ccc(NC(=O)C=Cc3ccc([N+](=O)[O-])cc3)cc2)C(C(=O)OCCOC)=C1C. The van der Waals surface area contributed by atoms with E-state index >= 15 is 0 Å². The average Bonchev–Trinajstić information content (AvgIpc) is 2.88. The van der Waals surface area contributed by atoms with Crippen molar-refractivity contribution < 1.29 is 24.0 Å². The van der Waals surface area contributed by atoms with Gasteiger partial charge in [0.25, 0.3) is 5.69 Å². The molecule has 0 spiro atoms. The Kier molecular flexibility index (Phi) is 9.47. The quantitative estimate of drug-likeness (QED) is 0.119. The molecule has 1 aliphatic rings. The lowest BCUT2D eigenvalue weighted by Gasteiger charge is -2.37. The normalized spacial score (nSPS) is 15.5. The van der Waals surface area contributed by atoms with Gasteiger partial charge in [-0.25, -0.2) is 4.79 Å². The number of nitrogens with one attached hydrogen (secondary N) is 2. The molecule has 11 heteroatoms. The fraction of sp³-hybridized carbons (Fsp3) is 0.269. The zero-order chi connectivity index (χ0) is 26.9. The van der Waals surface area contributed by atoms with Gasteiger partial charge in [-0.3, -0.25) is 14.9 Å². The standard InChI is InChI=1S/C26H28N4O6S/c1-4-29-17(2)23(25(32)36-16-15-35-3)24(28-26(29)37)19-8-10-20(11-9-19)27-22(31)14-7-18-5-12-21(13-6-18)30(33)34/h5-14,24H,4,15-16H2,1-3H3,(H,27,31)(H,28,37). The summed E-state index contributed by atoms with van der Waals surface area (Å²) in [5, 5.41) is 17.2. The Bertz CT molecular complexity index is 1220. The van der Waals surface area contributed by atoms with Gasteiger partial charge in [-0.1, -0.05) is 12.1 Å². The number of methoxy groups -OCH3 is 1. The van der Waals surface area contributed by atoms with Crippen LogP contribution in [0.3, 0.4) is 0 Å². The molecule has 0 fully saturated rings. The summed E-state index contributed by atoms with van der Waals surface area (Å²) in [4.78, 5) is 37.4. The minimum absolute atomic E-state index is 0.0197. The summed E-state index contributed by atoms with van der Waals surface area (Å²) in [6.07, 6.45) is 2.91. The molecule has 0 saturated carbocycles. The van der Waals surface area contributed by atoms with Crippen molar-refractivity contribution in [3.63, 3.8) is 0 Å².